The molecule has 2 aromatic rings. The van der Waals surface area contributed by atoms with E-state index in [1.54, 1.807) is 0 Å². The fraction of sp³-hybridized carbons (Fsp3) is 0.350. The van der Waals surface area contributed by atoms with Crippen molar-refractivity contribution in [2.24, 2.45) is 5.41 Å². The van der Waals surface area contributed by atoms with Gasteiger partial charge in [-0.25, -0.2) is 0 Å². The number of benzene rings is 2. The Hall–Kier alpha value is -2.13. The predicted octanol–water partition coefficient (Wildman–Crippen LogP) is 3.64. The maximum absolute atomic E-state index is 13.1. The number of carbonyl (C=O) groups is 1. The molecule has 0 spiro atoms. The molecule has 23 heavy (non-hydrogen) atoms. The van der Waals surface area contributed by atoms with Crippen LogP contribution in [-0.2, 0) is 22.6 Å². The Labute approximate surface area is 137 Å². The van der Waals surface area contributed by atoms with Crippen LogP contribution in [0, 0.1) is 5.41 Å². The Morgan fingerprint density at radius 3 is 1.78 bits per heavy atom. The lowest BCUT2D eigenvalue weighted by Crippen LogP contribution is -2.54. The summed E-state index contributed by atoms with van der Waals surface area (Å²) in [5.41, 5.74) is 1.98. The molecule has 120 valence electrons. The van der Waals surface area contributed by atoms with Crippen molar-refractivity contribution in [1.82, 2.24) is 4.90 Å². The highest BCUT2D eigenvalue weighted by Gasteiger charge is 2.46. The Kier molecular flexibility index (Phi) is 4.77. The number of nitrogens with zero attached hydrogens (tertiary/aromatic N) is 1. The first-order valence-electron chi connectivity index (χ1n) is 8.18. The molecule has 1 fully saturated rings. The van der Waals surface area contributed by atoms with Crippen molar-refractivity contribution < 1.29 is 9.53 Å². The molecule has 1 aliphatic heterocycles. The van der Waals surface area contributed by atoms with Crippen LogP contribution in [-0.4, -0.2) is 24.0 Å². The highest BCUT2D eigenvalue weighted by Crippen LogP contribution is 2.34. The molecule has 1 heterocycles. The van der Waals surface area contributed by atoms with Crippen LogP contribution < -0.4 is 0 Å². The third-order valence-electron chi connectivity index (χ3n) is 4.61. The van der Waals surface area contributed by atoms with E-state index in [0.717, 1.165) is 17.5 Å². The normalized spacial score (nSPS) is 15.7. The minimum absolute atomic E-state index is 0.207. The van der Waals surface area contributed by atoms with Gasteiger partial charge in [-0.15, -0.1) is 0 Å². The van der Waals surface area contributed by atoms with Crippen molar-refractivity contribution in [1.29, 1.82) is 0 Å². The van der Waals surface area contributed by atoms with Crippen molar-refractivity contribution in [2.75, 3.05) is 13.2 Å². The Bertz CT molecular complexity index is 588. The standard InChI is InChI=1S/C20H23NO2/c1-2-20(15-23-16-20)19(22)21(13-17-9-5-3-6-10-17)14-18-11-7-4-8-12-18/h3-12H,2,13-16H2,1H3. The first-order chi connectivity index (χ1) is 11.2. The van der Waals surface area contributed by atoms with Crippen molar-refractivity contribution in [3.05, 3.63) is 71.8 Å². The Balaban J connectivity index is 1.82. The van der Waals surface area contributed by atoms with Gasteiger partial charge in [0.15, 0.2) is 0 Å². The van der Waals surface area contributed by atoms with Gasteiger partial charge >= 0.3 is 0 Å². The molecule has 0 atom stereocenters. The summed E-state index contributed by atoms with van der Waals surface area (Å²) in [6, 6.07) is 20.3. The van der Waals surface area contributed by atoms with Crippen LogP contribution in [0.15, 0.2) is 60.7 Å². The highest BCUT2D eigenvalue weighted by atomic mass is 16.5. The topological polar surface area (TPSA) is 29.5 Å². The number of amides is 1. The molecule has 2 aromatic carbocycles. The molecule has 0 aromatic heterocycles. The lowest BCUT2D eigenvalue weighted by Gasteiger charge is -2.42. The molecule has 0 aliphatic carbocycles. The molecule has 0 unspecified atom stereocenters. The summed E-state index contributed by atoms with van der Waals surface area (Å²) in [5.74, 6) is 0.207. The average Bonchev–Trinajstić information content (AvgIpc) is 2.55. The van der Waals surface area contributed by atoms with E-state index < -0.39 is 0 Å². The summed E-state index contributed by atoms with van der Waals surface area (Å²) >= 11 is 0. The second kappa shape index (κ2) is 6.97. The third-order valence-corrected chi connectivity index (χ3v) is 4.61. The summed E-state index contributed by atoms with van der Waals surface area (Å²) in [6.07, 6.45) is 0.825. The minimum atomic E-state index is -0.330. The lowest BCUT2D eigenvalue weighted by molar-refractivity contribution is -0.174. The van der Waals surface area contributed by atoms with E-state index >= 15 is 0 Å². The number of hydrogen-bond donors (Lipinski definition) is 0. The molecule has 3 nitrogen and oxygen atoms in total. The monoisotopic (exact) mass is 309 g/mol. The SMILES string of the molecule is CCC1(C(=O)N(Cc2ccccc2)Cc2ccccc2)COC1. The van der Waals surface area contributed by atoms with Crippen molar-refractivity contribution >= 4 is 5.91 Å². The zero-order chi connectivity index (χ0) is 16.1. The summed E-state index contributed by atoms with van der Waals surface area (Å²) in [4.78, 5) is 15.1. The maximum atomic E-state index is 13.1. The summed E-state index contributed by atoms with van der Waals surface area (Å²) in [7, 11) is 0. The van der Waals surface area contributed by atoms with Gasteiger partial charge < -0.3 is 9.64 Å². The van der Waals surface area contributed by atoms with Gasteiger partial charge in [-0.3, -0.25) is 4.79 Å². The van der Waals surface area contributed by atoms with E-state index in [4.69, 9.17) is 4.74 Å². The zero-order valence-corrected chi connectivity index (χ0v) is 13.6. The van der Waals surface area contributed by atoms with Gasteiger partial charge in [0.05, 0.1) is 18.6 Å². The lowest BCUT2D eigenvalue weighted by atomic mass is 9.81. The number of ether oxygens (including phenoxy) is 1. The molecule has 0 bridgehead atoms. The molecule has 0 radical (unpaired) electrons. The average molecular weight is 309 g/mol. The van der Waals surface area contributed by atoms with E-state index in [9.17, 15) is 4.79 Å². The number of rotatable bonds is 6. The largest absolute Gasteiger partial charge is 0.379 e. The smallest absolute Gasteiger partial charge is 0.234 e. The molecular formula is C20H23NO2. The summed E-state index contributed by atoms with van der Waals surface area (Å²) in [6.45, 7) is 4.43. The van der Waals surface area contributed by atoms with E-state index in [1.807, 2.05) is 41.3 Å². The number of carbonyl (C=O) groups excluding carboxylic acids is 1. The molecule has 3 heteroatoms. The van der Waals surface area contributed by atoms with Crippen LogP contribution in [0.4, 0.5) is 0 Å². The van der Waals surface area contributed by atoms with E-state index in [-0.39, 0.29) is 11.3 Å². The third kappa shape index (κ3) is 3.45. The fourth-order valence-electron chi connectivity index (χ4n) is 2.97. The zero-order valence-electron chi connectivity index (χ0n) is 13.6. The summed E-state index contributed by atoms with van der Waals surface area (Å²) < 4.78 is 5.35. The predicted molar refractivity (Wildman–Crippen MR) is 90.7 cm³/mol. The van der Waals surface area contributed by atoms with Crippen molar-refractivity contribution in [2.45, 2.75) is 26.4 Å². The van der Waals surface area contributed by atoms with Gasteiger partial charge in [0.2, 0.25) is 5.91 Å². The summed E-state index contributed by atoms with van der Waals surface area (Å²) in [5, 5.41) is 0. The van der Waals surface area contributed by atoms with Gasteiger partial charge in [-0.2, -0.15) is 0 Å². The molecule has 0 N–H and O–H groups in total. The first kappa shape index (κ1) is 15.8. The van der Waals surface area contributed by atoms with Gasteiger partial charge in [0, 0.05) is 13.1 Å². The van der Waals surface area contributed by atoms with Crippen LogP contribution in [0.5, 0.6) is 0 Å². The number of hydrogen-bond acceptors (Lipinski definition) is 2. The molecule has 0 saturated carbocycles. The van der Waals surface area contributed by atoms with Crippen LogP contribution in [0.2, 0.25) is 0 Å². The second-order valence-electron chi connectivity index (χ2n) is 6.26. The molecule has 1 saturated heterocycles. The Morgan fingerprint density at radius 2 is 1.43 bits per heavy atom. The van der Waals surface area contributed by atoms with Gasteiger partial charge in [-0.1, -0.05) is 67.6 Å². The second-order valence-corrected chi connectivity index (χ2v) is 6.26. The van der Waals surface area contributed by atoms with Crippen LogP contribution in [0.25, 0.3) is 0 Å². The van der Waals surface area contributed by atoms with E-state index in [0.29, 0.717) is 26.3 Å². The fourth-order valence-corrected chi connectivity index (χ4v) is 2.97. The maximum Gasteiger partial charge on any atom is 0.234 e. The molecule has 1 aliphatic rings. The van der Waals surface area contributed by atoms with Gasteiger partial charge in [0.1, 0.15) is 0 Å². The van der Waals surface area contributed by atoms with Crippen LogP contribution in [0.1, 0.15) is 24.5 Å². The van der Waals surface area contributed by atoms with Crippen LogP contribution >= 0.6 is 0 Å². The van der Waals surface area contributed by atoms with Gasteiger partial charge in [0.25, 0.3) is 0 Å². The Morgan fingerprint density at radius 1 is 0.957 bits per heavy atom. The van der Waals surface area contributed by atoms with E-state index in [1.165, 1.54) is 0 Å². The van der Waals surface area contributed by atoms with Gasteiger partial charge in [-0.05, 0) is 17.5 Å². The molecular weight excluding hydrogens is 286 g/mol. The minimum Gasteiger partial charge on any atom is -0.379 e. The van der Waals surface area contributed by atoms with Crippen molar-refractivity contribution in [3.63, 3.8) is 0 Å². The molecule has 1 amide bonds. The van der Waals surface area contributed by atoms with E-state index in [2.05, 4.69) is 31.2 Å². The quantitative estimate of drug-likeness (QED) is 0.815. The highest BCUT2D eigenvalue weighted by molar-refractivity contribution is 5.83. The first-order valence-corrected chi connectivity index (χ1v) is 8.18. The van der Waals surface area contributed by atoms with Crippen molar-refractivity contribution in [3.8, 4) is 0 Å². The molecule has 3 rings (SSSR count). The van der Waals surface area contributed by atoms with Crippen LogP contribution in [0.3, 0.4) is 0 Å².